The fourth-order valence-electron chi connectivity index (χ4n) is 2.02. The second-order valence-electron chi connectivity index (χ2n) is 4.57. The van der Waals surface area contributed by atoms with Crippen LogP contribution in [0.25, 0.3) is 0 Å². The van der Waals surface area contributed by atoms with Crippen molar-refractivity contribution in [1.82, 2.24) is 0 Å². The van der Waals surface area contributed by atoms with E-state index in [9.17, 15) is 4.79 Å². The van der Waals surface area contributed by atoms with Crippen molar-refractivity contribution in [2.24, 2.45) is 5.92 Å². The molecule has 1 saturated heterocycles. The number of ether oxygens (including phenoxy) is 1. The molecule has 0 saturated carbocycles. The van der Waals surface area contributed by atoms with Crippen LogP contribution in [-0.4, -0.2) is 18.6 Å². The standard InChI is InChI=1S/C13H18N2O2/c1-8-6-7-17-12(8)13(16)15-11-5-3-4-10(14)9(11)2/h3-5,8,12H,6-7,14H2,1-2H3,(H,15,16). The van der Waals surface area contributed by atoms with E-state index >= 15 is 0 Å². The van der Waals surface area contributed by atoms with E-state index in [1.165, 1.54) is 0 Å². The van der Waals surface area contributed by atoms with E-state index in [0.29, 0.717) is 12.3 Å². The first-order chi connectivity index (χ1) is 8.09. The Morgan fingerprint density at radius 3 is 2.94 bits per heavy atom. The summed E-state index contributed by atoms with van der Waals surface area (Å²) >= 11 is 0. The number of nitrogen functional groups attached to an aromatic ring is 1. The molecule has 3 N–H and O–H groups in total. The van der Waals surface area contributed by atoms with Crippen LogP contribution in [0.15, 0.2) is 18.2 Å². The Balaban J connectivity index is 2.10. The van der Waals surface area contributed by atoms with Gasteiger partial charge in [0.25, 0.3) is 5.91 Å². The van der Waals surface area contributed by atoms with E-state index in [1.54, 1.807) is 0 Å². The normalized spacial score (nSPS) is 23.6. The fourth-order valence-corrected chi connectivity index (χ4v) is 2.02. The number of carbonyl (C=O) groups excluding carboxylic acids is 1. The molecule has 4 heteroatoms. The number of nitrogens with one attached hydrogen (secondary N) is 1. The molecular formula is C13H18N2O2. The Kier molecular flexibility index (Phi) is 3.33. The molecule has 0 radical (unpaired) electrons. The summed E-state index contributed by atoms with van der Waals surface area (Å²) in [6.45, 7) is 4.59. The van der Waals surface area contributed by atoms with E-state index in [-0.39, 0.29) is 17.9 Å². The van der Waals surface area contributed by atoms with Gasteiger partial charge in [-0.25, -0.2) is 0 Å². The van der Waals surface area contributed by atoms with Gasteiger partial charge in [-0.05, 0) is 37.0 Å². The molecule has 4 nitrogen and oxygen atoms in total. The van der Waals surface area contributed by atoms with Gasteiger partial charge in [-0.2, -0.15) is 0 Å². The molecule has 0 bridgehead atoms. The zero-order chi connectivity index (χ0) is 12.4. The van der Waals surface area contributed by atoms with Crippen LogP contribution in [0.1, 0.15) is 18.9 Å². The minimum atomic E-state index is -0.337. The predicted molar refractivity (Wildman–Crippen MR) is 67.7 cm³/mol. The maximum Gasteiger partial charge on any atom is 0.253 e. The SMILES string of the molecule is Cc1c(N)cccc1NC(=O)C1OCCC1C. The molecule has 1 aliphatic heterocycles. The lowest BCUT2D eigenvalue weighted by atomic mass is 10.0. The van der Waals surface area contributed by atoms with Crippen molar-refractivity contribution in [3.05, 3.63) is 23.8 Å². The third-order valence-electron chi connectivity index (χ3n) is 3.28. The highest BCUT2D eigenvalue weighted by Crippen LogP contribution is 2.24. The van der Waals surface area contributed by atoms with Gasteiger partial charge in [-0.1, -0.05) is 13.0 Å². The molecule has 1 aromatic carbocycles. The maximum atomic E-state index is 12.0. The fraction of sp³-hybridized carbons (Fsp3) is 0.462. The van der Waals surface area contributed by atoms with Crippen molar-refractivity contribution in [3.63, 3.8) is 0 Å². The van der Waals surface area contributed by atoms with Crippen LogP contribution in [-0.2, 0) is 9.53 Å². The van der Waals surface area contributed by atoms with Crippen molar-refractivity contribution in [2.75, 3.05) is 17.7 Å². The lowest BCUT2D eigenvalue weighted by Crippen LogP contribution is -2.31. The first kappa shape index (κ1) is 11.9. The molecule has 1 amide bonds. The monoisotopic (exact) mass is 234 g/mol. The van der Waals surface area contributed by atoms with E-state index in [4.69, 9.17) is 10.5 Å². The Bertz CT molecular complexity index is 431. The van der Waals surface area contributed by atoms with Gasteiger partial charge >= 0.3 is 0 Å². The maximum absolute atomic E-state index is 12.0. The summed E-state index contributed by atoms with van der Waals surface area (Å²) in [6, 6.07) is 5.50. The van der Waals surface area contributed by atoms with Gasteiger partial charge in [-0.3, -0.25) is 4.79 Å². The van der Waals surface area contributed by atoms with E-state index in [2.05, 4.69) is 5.32 Å². The van der Waals surface area contributed by atoms with Gasteiger partial charge in [-0.15, -0.1) is 0 Å². The summed E-state index contributed by atoms with van der Waals surface area (Å²) in [5.74, 6) is 0.195. The topological polar surface area (TPSA) is 64.3 Å². The number of carbonyl (C=O) groups is 1. The minimum absolute atomic E-state index is 0.0799. The van der Waals surface area contributed by atoms with E-state index in [0.717, 1.165) is 17.7 Å². The number of anilines is 2. The van der Waals surface area contributed by atoms with Crippen molar-refractivity contribution in [1.29, 1.82) is 0 Å². The summed E-state index contributed by atoms with van der Waals surface area (Å²) in [5, 5.41) is 2.88. The van der Waals surface area contributed by atoms with Crippen LogP contribution < -0.4 is 11.1 Å². The molecule has 92 valence electrons. The molecule has 1 heterocycles. The molecular weight excluding hydrogens is 216 g/mol. The van der Waals surface area contributed by atoms with Crippen molar-refractivity contribution < 1.29 is 9.53 Å². The van der Waals surface area contributed by atoms with E-state index in [1.807, 2.05) is 32.0 Å². The number of amides is 1. The molecule has 0 spiro atoms. The van der Waals surface area contributed by atoms with Crippen LogP contribution >= 0.6 is 0 Å². The molecule has 2 atom stereocenters. The first-order valence-corrected chi connectivity index (χ1v) is 5.87. The Morgan fingerprint density at radius 2 is 2.29 bits per heavy atom. The summed E-state index contributed by atoms with van der Waals surface area (Å²) in [5.41, 5.74) is 8.13. The number of hydrogen-bond acceptors (Lipinski definition) is 3. The Hall–Kier alpha value is -1.55. The Labute approximate surface area is 101 Å². The average Bonchev–Trinajstić information content (AvgIpc) is 2.71. The predicted octanol–water partition coefficient (Wildman–Crippen LogP) is 1.94. The van der Waals surface area contributed by atoms with Gasteiger partial charge in [0.05, 0.1) is 0 Å². The molecule has 17 heavy (non-hydrogen) atoms. The van der Waals surface area contributed by atoms with Gasteiger partial charge in [0.1, 0.15) is 6.10 Å². The second kappa shape index (κ2) is 4.75. The van der Waals surface area contributed by atoms with Crippen molar-refractivity contribution in [2.45, 2.75) is 26.4 Å². The molecule has 2 rings (SSSR count). The summed E-state index contributed by atoms with van der Waals surface area (Å²) in [6.07, 6.45) is 0.601. The second-order valence-corrected chi connectivity index (χ2v) is 4.57. The number of nitrogens with two attached hydrogens (primary N) is 1. The Morgan fingerprint density at radius 1 is 1.53 bits per heavy atom. The lowest BCUT2D eigenvalue weighted by Gasteiger charge is -2.16. The molecule has 1 aromatic rings. The summed E-state index contributed by atoms with van der Waals surface area (Å²) in [4.78, 5) is 12.0. The number of rotatable bonds is 2. The first-order valence-electron chi connectivity index (χ1n) is 5.87. The highest BCUT2D eigenvalue weighted by Gasteiger charge is 2.31. The van der Waals surface area contributed by atoms with Crippen LogP contribution in [0.3, 0.4) is 0 Å². The third kappa shape index (κ3) is 2.42. The van der Waals surface area contributed by atoms with Gasteiger partial charge in [0.15, 0.2) is 0 Å². The number of hydrogen-bond donors (Lipinski definition) is 2. The van der Waals surface area contributed by atoms with Crippen molar-refractivity contribution >= 4 is 17.3 Å². The third-order valence-corrected chi connectivity index (χ3v) is 3.28. The smallest absolute Gasteiger partial charge is 0.253 e. The number of benzene rings is 1. The van der Waals surface area contributed by atoms with E-state index < -0.39 is 0 Å². The zero-order valence-corrected chi connectivity index (χ0v) is 10.2. The largest absolute Gasteiger partial charge is 0.398 e. The lowest BCUT2D eigenvalue weighted by molar-refractivity contribution is -0.126. The van der Waals surface area contributed by atoms with Gasteiger partial charge < -0.3 is 15.8 Å². The average molecular weight is 234 g/mol. The summed E-state index contributed by atoms with van der Waals surface area (Å²) < 4.78 is 5.43. The molecule has 0 aromatic heterocycles. The van der Waals surface area contributed by atoms with Crippen LogP contribution in [0.5, 0.6) is 0 Å². The van der Waals surface area contributed by atoms with Gasteiger partial charge in [0, 0.05) is 18.0 Å². The van der Waals surface area contributed by atoms with Gasteiger partial charge in [0.2, 0.25) is 0 Å². The molecule has 0 aliphatic carbocycles. The van der Waals surface area contributed by atoms with Crippen molar-refractivity contribution in [3.8, 4) is 0 Å². The highest BCUT2D eigenvalue weighted by molar-refractivity contribution is 5.95. The molecule has 1 fully saturated rings. The highest BCUT2D eigenvalue weighted by atomic mass is 16.5. The summed E-state index contributed by atoms with van der Waals surface area (Å²) in [7, 11) is 0. The molecule has 2 unspecified atom stereocenters. The zero-order valence-electron chi connectivity index (χ0n) is 10.2. The van der Waals surface area contributed by atoms with Crippen LogP contribution in [0.4, 0.5) is 11.4 Å². The van der Waals surface area contributed by atoms with Crippen LogP contribution in [0, 0.1) is 12.8 Å². The molecule has 1 aliphatic rings. The van der Waals surface area contributed by atoms with Crippen LogP contribution in [0.2, 0.25) is 0 Å². The minimum Gasteiger partial charge on any atom is -0.398 e. The quantitative estimate of drug-likeness (QED) is 0.769.